The normalized spacial score (nSPS) is 23.0. The fourth-order valence-corrected chi connectivity index (χ4v) is 4.25. The Labute approximate surface area is 159 Å². The zero-order valence-electron chi connectivity index (χ0n) is 16.8. The lowest BCUT2D eigenvalue weighted by Crippen LogP contribution is -2.33. The van der Waals surface area contributed by atoms with E-state index in [0.717, 1.165) is 31.4 Å². The average molecular weight is 360 g/mol. The van der Waals surface area contributed by atoms with Crippen molar-refractivity contribution in [1.82, 2.24) is 14.9 Å². The molecule has 1 N–H and O–H groups in total. The van der Waals surface area contributed by atoms with E-state index in [1.54, 1.807) is 0 Å². The van der Waals surface area contributed by atoms with Gasteiger partial charge in [-0.15, -0.1) is 0 Å². The van der Waals surface area contributed by atoms with E-state index in [0.29, 0.717) is 12.1 Å². The first-order valence-corrected chi connectivity index (χ1v) is 10.8. The fraction of sp³-hybridized carbons (Fsp3) is 0.810. The van der Waals surface area contributed by atoms with Gasteiger partial charge in [-0.25, -0.2) is 4.98 Å². The van der Waals surface area contributed by atoms with Crippen LogP contribution in [0.25, 0.3) is 0 Å². The summed E-state index contributed by atoms with van der Waals surface area (Å²) in [6, 6.07) is 3.23. The van der Waals surface area contributed by atoms with Crippen LogP contribution < -0.4 is 10.2 Å². The quantitative estimate of drug-likeness (QED) is 0.701. The molecule has 26 heavy (non-hydrogen) atoms. The summed E-state index contributed by atoms with van der Waals surface area (Å²) in [6.07, 6.45) is 13.7. The number of nitrogens with one attached hydrogen (secondary N) is 1. The molecule has 0 aromatic carbocycles. The number of anilines is 2. The molecule has 0 radical (unpaired) electrons. The van der Waals surface area contributed by atoms with E-state index >= 15 is 0 Å². The van der Waals surface area contributed by atoms with Crippen LogP contribution in [0.3, 0.4) is 0 Å². The fourth-order valence-electron chi connectivity index (χ4n) is 4.25. The van der Waals surface area contributed by atoms with Gasteiger partial charge in [0.25, 0.3) is 0 Å². The molecule has 0 aliphatic carbocycles. The second-order valence-electron chi connectivity index (χ2n) is 8.11. The molecule has 2 unspecified atom stereocenters. The number of nitrogens with zero attached hydrogens (tertiary/aromatic N) is 4. The Kier molecular flexibility index (Phi) is 7.54. The maximum Gasteiger partial charge on any atom is 0.224 e. The van der Waals surface area contributed by atoms with Crippen molar-refractivity contribution in [2.75, 3.05) is 36.4 Å². The van der Waals surface area contributed by atoms with Crippen LogP contribution in [0.4, 0.5) is 11.8 Å². The maximum absolute atomic E-state index is 4.82. The topological polar surface area (TPSA) is 44.3 Å². The highest BCUT2D eigenvalue weighted by atomic mass is 15.3. The van der Waals surface area contributed by atoms with Gasteiger partial charge < -0.3 is 10.2 Å². The Balaban J connectivity index is 1.50. The van der Waals surface area contributed by atoms with E-state index in [1.165, 1.54) is 64.3 Å². The maximum atomic E-state index is 4.82. The van der Waals surface area contributed by atoms with Crippen LogP contribution in [0.5, 0.6) is 0 Å². The molecule has 3 heterocycles. The number of aromatic nitrogens is 2. The molecule has 0 amide bonds. The van der Waals surface area contributed by atoms with Crippen molar-refractivity contribution in [3.63, 3.8) is 0 Å². The molecule has 2 fully saturated rings. The van der Waals surface area contributed by atoms with Gasteiger partial charge in [-0.1, -0.05) is 39.0 Å². The van der Waals surface area contributed by atoms with Crippen molar-refractivity contribution in [2.45, 2.75) is 83.7 Å². The number of rotatable bonds is 8. The summed E-state index contributed by atoms with van der Waals surface area (Å²) in [5.74, 6) is 1.89. The molecule has 2 atom stereocenters. The van der Waals surface area contributed by atoms with E-state index in [9.17, 15) is 0 Å². The van der Waals surface area contributed by atoms with E-state index in [2.05, 4.69) is 40.0 Å². The van der Waals surface area contributed by atoms with E-state index in [4.69, 9.17) is 4.98 Å². The summed E-state index contributed by atoms with van der Waals surface area (Å²) in [5, 5.41) is 3.60. The monoisotopic (exact) mass is 359 g/mol. The first-order valence-electron chi connectivity index (χ1n) is 10.8. The predicted molar refractivity (Wildman–Crippen MR) is 110 cm³/mol. The minimum Gasteiger partial charge on any atom is -0.356 e. The molecule has 146 valence electrons. The van der Waals surface area contributed by atoms with Gasteiger partial charge in [0, 0.05) is 44.5 Å². The van der Waals surface area contributed by atoms with E-state index in [-0.39, 0.29) is 0 Å². The molecule has 2 aliphatic rings. The number of unbranched alkanes of at least 4 members (excludes halogenated alkanes) is 2. The highest BCUT2D eigenvalue weighted by molar-refractivity contribution is 5.43. The molecule has 1 aromatic rings. The van der Waals surface area contributed by atoms with Crippen LogP contribution in [0.15, 0.2) is 12.3 Å². The van der Waals surface area contributed by atoms with Gasteiger partial charge in [0.05, 0.1) is 0 Å². The van der Waals surface area contributed by atoms with Gasteiger partial charge in [0.15, 0.2) is 0 Å². The molecule has 1 aromatic heterocycles. The van der Waals surface area contributed by atoms with Crippen molar-refractivity contribution in [3.8, 4) is 0 Å². The molecular weight excluding hydrogens is 322 g/mol. The van der Waals surface area contributed by atoms with E-state index < -0.39 is 0 Å². The first-order chi connectivity index (χ1) is 12.8. The van der Waals surface area contributed by atoms with Crippen LogP contribution in [0.2, 0.25) is 0 Å². The summed E-state index contributed by atoms with van der Waals surface area (Å²) >= 11 is 0. The van der Waals surface area contributed by atoms with E-state index in [1.807, 2.05) is 6.20 Å². The Bertz CT molecular complexity index is 527. The van der Waals surface area contributed by atoms with Crippen molar-refractivity contribution in [2.24, 2.45) is 0 Å². The van der Waals surface area contributed by atoms with Crippen molar-refractivity contribution >= 4 is 11.8 Å². The largest absolute Gasteiger partial charge is 0.356 e. The minimum atomic E-state index is 0.475. The number of likely N-dealkylation sites (tertiary alicyclic amines) is 1. The van der Waals surface area contributed by atoms with Crippen molar-refractivity contribution in [3.05, 3.63) is 12.3 Å². The van der Waals surface area contributed by atoms with Crippen LogP contribution in [-0.4, -0.2) is 53.1 Å². The third kappa shape index (κ3) is 5.57. The predicted octanol–water partition coefficient (Wildman–Crippen LogP) is 4.31. The SMILES string of the molecule is CCCCCC(C)N1CCC(Nc2nccc(N3CCCCCC3)n2)C1. The smallest absolute Gasteiger partial charge is 0.224 e. The third-order valence-electron chi connectivity index (χ3n) is 5.97. The summed E-state index contributed by atoms with van der Waals surface area (Å²) in [4.78, 5) is 14.4. The summed E-state index contributed by atoms with van der Waals surface area (Å²) in [6.45, 7) is 9.22. The van der Waals surface area contributed by atoms with Crippen LogP contribution in [0.1, 0.15) is 71.6 Å². The van der Waals surface area contributed by atoms with Crippen LogP contribution in [0, 0.1) is 0 Å². The van der Waals surface area contributed by atoms with Gasteiger partial charge >= 0.3 is 0 Å². The Hall–Kier alpha value is -1.36. The number of hydrogen-bond acceptors (Lipinski definition) is 5. The second kappa shape index (κ2) is 10.1. The molecular formula is C21H37N5. The lowest BCUT2D eigenvalue weighted by molar-refractivity contribution is 0.240. The molecule has 0 bridgehead atoms. The highest BCUT2D eigenvalue weighted by Crippen LogP contribution is 2.21. The molecule has 2 aliphatic heterocycles. The molecule has 5 heteroatoms. The summed E-state index contributed by atoms with van der Waals surface area (Å²) in [5.41, 5.74) is 0. The summed E-state index contributed by atoms with van der Waals surface area (Å²) in [7, 11) is 0. The van der Waals surface area contributed by atoms with Gasteiger partial charge in [-0.05, 0) is 38.7 Å². The van der Waals surface area contributed by atoms with Crippen LogP contribution >= 0.6 is 0 Å². The summed E-state index contributed by atoms with van der Waals surface area (Å²) < 4.78 is 0. The minimum absolute atomic E-state index is 0.475. The molecule has 2 saturated heterocycles. The van der Waals surface area contributed by atoms with Gasteiger partial charge in [0.1, 0.15) is 5.82 Å². The molecule has 3 rings (SSSR count). The van der Waals surface area contributed by atoms with Crippen molar-refractivity contribution in [1.29, 1.82) is 0 Å². The van der Waals surface area contributed by atoms with Gasteiger partial charge in [0.2, 0.25) is 5.95 Å². The van der Waals surface area contributed by atoms with Gasteiger partial charge in [-0.3, -0.25) is 4.90 Å². The standard InChI is InChI=1S/C21H37N5/c1-3-4-7-10-18(2)26-16-12-19(17-26)23-21-22-13-11-20(24-21)25-14-8-5-6-9-15-25/h11,13,18-19H,3-10,12,14-17H2,1-2H3,(H,22,23,24). The zero-order valence-corrected chi connectivity index (χ0v) is 16.8. The van der Waals surface area contributed by atoms with Crippen LogP contribution in [-0.2, 0) is 0 Å². The number of hydrogen-bond donors (Lipinski definition) is 1. The van der Waals surface area contributed by atoms with Crippen molar-refractivity contribution < 1.29 is 0 Å². The average Bonchev–Trinajstić information content (AvgIpc) is 2.95. The molecule has 5 nitrogen and oxygen atoms in total. The Morgan fingerprint density at radius 1 is 1.15 bits per heavy atom. The molecule has 0 saturated carbocycles. The zero-order chi connectivity index (χ0) is 18.2. The van der Waals surface area contributed by atoms with Gasteiger partial charge in [-0.2, -0.15) is 4.98 Å². The Morgan fingerprint density at radius 2 is 1.96 bits per heavy atom. The lowest BCUT2D eigenvalue weighted by Gasteiger charge is -2.24. The highest BCUT2D eigenvalue weighted by Gasteiger charge is 2.26. The first kappa shape index (κ1) is 19.4. The molecule has 0 spiro atoms. The lowest BCUT2D eigenvalue weighted by atomic mass is 10.1. The third-order valence-corrected chi connectivity index (χ3v) is 5.97. The second-order valence-corrected chi connectivity index (χ2v) is 8.11. The Morgan fingerprint density at radius 3 is 2.73 bits per heavy atom.